The van der Waals surface area contributed by atoms with E-state index in [0.29, 0.717) is 36.8 Å². The molecule has 0 bridgehead atoms. The Kier molecular flexibility index (Phi) is 10.6. The number of aliphatic hydroxyl groups is 2. The van der Waals surface area contributed by atoms with Crippen LogP contribution in [0.15, 0.2) is 24.3 Å². The van der Waals surface area contributed by atoms with Crippen LogP contribution in [-0.4, -0.2) is 48.6 Å². The summed E-state index contributed by atoms with van der Waals surface area (Å²) in [6.07, 6.45) is 2.71. The lowest BCUT2D eigenvalue weighted by Gasteiger charge is -2.11. The summed E-state index contributed by atoms with van der Waals surface area (Å²) in [6.45, 7) is 4.77. The third-order valence-electron chi connectivity index (χ3n) is 4.27. The Morgan fingerprint density at radius 3 is 1.65 bits per heavy atom. The van der Waals surface area contributed by atoms with Crippen LogP contribution in [0.25, 0.3) is 0 Å². The molecule has 0 aliphatic heterocycles. The Bertz CT molecular complexity index is 512. The van der Waals surface area contributed by atoms with Gasteiger partial charge in [-0.15, -0.1) is 0 Å². The first-order valence-electron chi connectivity index (χ1n) is 9.14. The molecule has 0 aromatic heterocycles. The number of hydrogen-bond acceptors (Lipinski definition) is 6. The van der Waals surface area contributed by atoms with Crippen LogP contribution in [0, 0.1) is 11.8 Å². The maximum atomic E-state index is 12.1. The van der Waals surface area contributed by atoms with Crippen molar-refractivity contribution in [3.63, 3.8) is 0 Å². The molecule has 1 aromatic carbocycles. The van der Waals surface area contributed by atoms with Crippen LogP contribution < -0.4 is 0 Å². The fourth-order valence-corrected chi connectivity index (χ4v) is 2.37. The average Bonchev–Trinajstić information content (AvgIpc) is 2.62. The van der Waals surface area contributed by atoms with Gasteiger partial charge in [-0.3, -0.25) is 0 Å². The molecule has 2 unspecified atom stereocenters. The second-order valence-electron chi connectivity index (χ2n) is 6.66. The Morgan fingerprint density at radius 1 is 0.846 bits per heavy atom. The standard InChI is InChI=1S/C20H30O6/c1-15(6-10-21)8-12-25-19(23)17-4-3-5-18(14-17)20(24)26-13-9-16(2)7-11-22/h3-5,14-16,21-22H,6-13H2,1-2H3. The molecule has 146 valence electrons. The Hall–Kier alpha value is -1.92. The maximum Gasteiger partial charge on any atom is 0.338 e. The molecule has 0 aliphatic carbocycles. The molecule has 2 atom stereocenters. The molecule has 2 N–H and O–H groups in total. The van der Waals surface area contributed by atoms with Gasteiger partial charge >= 0.3 is 11.9 Å². The first kappa shape index (κ1) is 22.1. The van der Waals surface area contributed by atoms with Gasteiger partial charge in [0.2, 0.25) is 0 Å². The molecule has 1 rings (SSSR count). The van der Waals surface area contributed by atoms with Crippen LogP contribution in [0.4, 0.5) is 0 Å². The second kappa shape index (κ2) is 12.4. The van der Waals surface area contributed by atoms with E-state index in [-0.39, 0.29) is 38.3 Å². The summed E-state index contributed by atoms with van der Waals surface area (Å²) >= 11 is 0. The molecule has 1 aromatic rings. The molecule has 0 saturated heterocycles. The smallest absolute Gasteiger partial charge is 0.338 e. The molecule has 0 saturated carbocycles. The summed E-state index contributed by atoms with van der Waals surface area (Å²) < 4.78 is 10.4. The van der Waals surface area contributed by atoms with Crippen LogP contribution in [0.3, 0.4) is 0 Å². The SMILES string of the molecule is CC(CCO)CCOC(=O)c1cccc(C(=O)OCCC(C)CCO)c1. The number of ether oxygens (including phenoxy) is 2. The number of aliphatic hydroxyl groups excluding tert-OH is 2. The average molecular weight is 366 g/mol. The van der Waals surface area contributed by atoms with E-state index in [2.05, 4.69) is 0 Å². The van der Waals surface area contributed by atoms with Gasteiger partial charge in [0, 0.05) is 13.2 Å². The number of carbonyl (C=O) groups excluding carboxylic acids is 2. The van der Waals surface area contributed by atoms with Gasteiger partial charge in [-0.25, -0.2) is 9.59 Å². The van der Waals surface area contributed by atoms with Gasteiger partial charge in [0.05, 0.1) is 24.3 Å². The van der Waals surface area contributed by atoms with Gasteiger partial charge in [-0.2, -0.15) is 0 Å². The molecule has 0 radical (unpaired) electrons. The highest BCUT2D eigenvalue weighted by atomic mass is 16.5. The Morgan fingerprint density at radius 2 is 1.27 bits per heavy atom. The summed E-state index contributed by atoms with van der Waals surface area (Å²) in [5, 5.41) is 17.7. The van der Waals surface area contributed by atoms with Crippen molar-refractivity contribution in [1.82, 2.24) is 0 Å². The van der Waals surface area contributed by atoms with E-state index < -0.39 is 11.9 Å². The van der Waals surface area contributed by atoms with Gasteiger partial charge in [-0.1, -0.05) is 19.9 Å². The fourth-order valence-electron chi connectivity index (χ4n) is 2.37. The van der Waals surface area contributed by atoms with Crippen molar-refractivity contribution in [1.29, 1.82) is 0 Å². The van der Waals surface area contributed by atoms with Gasteiger partial charge in [-0.05, 0) is 55.7 Å². The minimum absolute atomic E-state index is 0.123. The Balaban J connectivity index is 2.48. The number of esters is 2. The van der Waals surface area contributed by atoms with Crippen molar-refractivity contribution in [2.45, 2.75) is 39.5 Å². The summed E-state index contributed by atoms with van der Waals surface area (Å²) in [5.74, 6) is -0.399. The van der Waals surface area contributed by atoms with E-state index in [1.807, 2.05) is 13.8 Å². The quantitative estimate of drug-likeness (QED) is 0.553. The van der Waals surface area contributed by atoms with Gasteiger partial charge in [0.1, 0.15) is 0 Å². The molecule has 26 heavy (non-hydrogen) atoms. The van der Waals surface area contributed by atoms with Crippen LogP contribution in [-0.2, 0) is 9.47 Å². The highest BCUT2D eigenvalue weighted by Crippen LogP contribution is 2.12. The summed E-state index contributed by atoms with van der Waals surface area (Å²) in [7, 11) is 0. The van der Waals surface area contributed by atoms with E-state index in [1.54, 1.807) is 18.2 Å². The maximum absolute atomic E-state index is 12.1. The van der Waals surface area contributed by atoms with Crippen molar-refractivity contribution in [2.75, 3.05) is 26.4 Å². The molecular formula is C20H30O6. The van der Waals surface area contributed by atoms with Crippen LogP contribution in [0.2, 0.25) is 0 Å². The minimum atomic E-state index is -0.479. The molecule has 0 aliphatic rings. The second-order valence-corrected chi connectivity index (χ2v) is 6.66. The first-order valence-corrected chi connectivity index (χ1v) is 9.14. The number of rotatable bonds is 12. The predicted octanol–water partition coefficient (Wildman–Crippen LogP) is 2.82. The molecule has 0 spiro atoms. The van der Waals surface area contributed by atoms with E-state index in [1.165, 1.54) is 6.07 Å². The van der Waals surface area contributed by atoms with E-state index in [0.717, 1.165) is 0 Å². The number of benzene rings is 1. The van der Waals surface area contributed by atoms with Crippen molar-refractivity contribution in [3.8, 4) is 0 Å². The monoisotopic (exact) mass is 366 g/mol. The summed E-state index contributed by atoms with van der Waals surface area (Å²) in [4.78, 5) is 24.2. The number of carbonyl (C=O) groups is 2. The van der Waals surface area contributed by atoms with E-state index >= 15 is 0 Å². The first-order chi connectivity index (χ1) is 12.5. The largest absolute Gasteiger partial charge is 0.462 e. The normalized spacial score (nSPS) is 13.1. The lowest BCUT2D eigenvalue weighted by atomic mass is 10.1. The van der Waals surface area contributed by atoms with Crippen LogP contribution in [0.1, 0.15) is 60.2 Å². The van der Waals surface area contributed by atoms with Crippen molar-refractivity contribution in [2.24, 2.45) is 11.8 Å². The molecule has 0 heterocycles. The molecule has 6 heteroatoms. The zero-order valence-electron chi connectivity index (χ0n) is 15.6. The molecular weight excluding hydrogens is 336 g/mol. The Labute approximate surface area is 155 Å². The number of hydrogen-bond donors (Lipinski definition) is 2. The molecule has 6 nitrogen and oxygen atoms in total. The van der Waals surface area contributed by atoms with Gasteiger partial charge in [0.25, 0.3) is 0 Å². The van der Waals surface area contributed by atoms with Crippen molar-refractivity contribution in [3.05, 3.63) is 35.4 Å². The zero-order valence-corrected chi connectivity index (χ0v) is 15.6. The highest BCUT2D eigenvalue weighted by Gasteiger charge is 2.13. The van der Waals surface area contributed by atoms with Crippen molar-refractivity contribution < 1.29 is 29.3 Å². The lowest BCUT2D eigenvalue weighted by molar-refractivity contribution is 0.0480. The molecule has 0 fully saturated rings. The van der Waals surface area contributed by atoms with E-state index in [9.17, 15) is 9.59 Å². The molecule has 0 amide bonds. The van der Waals surface area contributed by atoms with Gasteiger partial charge in [0.15, 0.2) is 0 Å². The third-order valence-corrected chi connectivity index (χ3v) is 4.27. The third kappa shape index (κ3) is 8.45. The lowest BCUT2D eigenvalue weighted by Crippen LogP contribution is -2.12. The van der Waals surface area contributed by atoms with E-state index in [4.69, 9.17) is 19.7 Å². The summed E-state index contributed by atoms with van der Waals surface area (Å²) in [5.41, 5.74) is 0.616. The fraction of sp³-hybridized carbons (Fsp3) is 0.600. The van der Waals surface area contributed by atoms with Crippen LogP contribution >= 0.6 is 0 Å². The van der Waals surface area contributed by atoms with Crippen LogP contribution in [0.5, 0.6) is 0 Å². The zero-order chi connectivity index (χ0) is 19.4. The minimum Gasteiger partial charge on any atom is -0.462 e. The van der Waals surface area contributed by atoms with Crippen molar-refractivity contribution >= 4 is 11.9 Å². The summed E-state index contributed by atoms with van der Waals surface area (Å²) in [6, 6.07) is 6.29. The predicted molar refractivity (Wildman–Crippen MR) is 98.0 cm³/mol. The highest BCUT2D eigenvalue weighted by molar-refractivity contribution is 5.95. The van der Waals surface area contributed by atoms with Gasteiger partial charge < -0.3 is 19.7 Å². The topological polar surface area (TPSA) is 93.1 Å².